The second-order valence-electron chi connectivity index (χ2n) is 6.62. The molecule has 3 rings (SSSR count). The molecule has 1 N–H and O–H groups in total. The van der Waals surface area contributed by atoms with Crippen LogP contribution >= 0.6 is 0 Å². The smallest absolute Gasteiger partial charge is 0.471 e. The minimum absolute atomic E-state index is 0.0157. The fourth-order valence-corrected chi connectivity index (χ4v) is 3.26. The molecule has 7 nitrogen and oxygen atoms in total. The Labute approximate surface area is 175 Å². The summed E-state index contributed by atoms with van der Waals surface area (Å²) >= 11 is 0. The van der Waals surface area contributed by atoms with Gasteiger partial charge in [0.25, 0.3) is 0 Å². The minimum Gasteiger partial charge on any atom is -0.507 e. The number of halogens is 3. The van der Waals surface area contributed by atoms with Crippen LogP contribution in [0.15, 0.2) is 53.7 Å². The van der Waals surface area contributed by atoms with Crippen LogP contribution in [-0.2, 0) is 25.8 Å². The summed E-state index contributed by atoms with van der Waals surface area (Å²) in [5.41, 5.74) is 0.624. The molecule has 0 spiro atoms. The van der Waals surface area contributed by atoms with Crippen LogP contribution in [0.5, 0.6) is 5.75 Å². The highest BCUT2D eigenvalue weighted by Crippen LogP contribution is 2.38. The first kappa shape index (κ1) is 22.1. The summed E-state index contributed by atoms with van der Waals surface area (Å²) in [6, 6.07) is 11.2. The zero-order valence-corrected chi connectivity index (χ0v) is 16.4. The Hall–Kier alpha value is -3.56. The monoisotopic (exact) mass is 436 g/mol. The number of nitrogens with zero attached hydrogens (tertiary/aromatic N) is 2. The van der Waals surface area contributed by atoms with Gasteiger partial charge in [0.15, 0.2) is 6.04 Å². The molecule has 1 atom stereocenters. The van der Waals surface area contributed by atoms with Gasteiger partial charge in [0.2, 0.25) is 0 Å². The second-order valence-corrected chi connectivity index (χ2v) is 6.62. The zero-order valence-electron chi connectivity index (χ0n) is 16.4. The number of carbonyl (C=O) groups excluding carboxylic acids is 2. The molecule has 1 heterocycles. The van der Waals surface area contributed by atoms with Gasteiger partial charge in [-0.1, -0.05) is 47.6 Å². The maximum absolute atomic E-state index is 13.2. The van der Waals surface area contributed by atoms with E-state index in [4.69, 9.17) is 9.57 Å². The highest BCUT2D eigenvalue weighted by atomic mass is 19.4. The molecule has 2 aromatic rings. The predicted octanol–water partition coefficient (Wildman–Crippen LogP) is 3.32. The molecule has 10 heteroatoms. The summed E-state index contributed by atoms with van der Waals surface area (Å²) < 4.78 is 44.6. The summed E-state index contributed by atoms with van der Waals surface area (Å²) in [6.45, 7) is 0.700. The number of hydrogen-bond donors (Lipinski definition) is 1. The van der Waals surface area contributed by atoms with E-state index in [0.29, 0.717) is 4.90 Å². The van der Waals surface area contributed by atoms with Gasteiger partial charge in [0, 0.05) is 5.56 Å². The first-order valence-electron chi connectivity index (χ1n) is 9.33. The lowest BCUT2D eigenvalue weighted by atomic mass is 9.90. The van der Waals surface area contributed by atoms with E-state index in [1.807, 2.05) is 0 Å². The molecule has 0 saturated heterocycles. The van der Waals surface area contributed by atoms with E-state index in [1.54, 1.807) is 30.3 Å². The molecule has 0 bridgehead atoms. The first-order valence-corrected chi connectivity index (χ1v) is 9.33. The third kappa shape index (κ3) is 4.79. The van der Waals surface area contributed by atoms with E-state index in [0.717, 1.165) is 5.56 Å². The number of oxime groups is 1. The highest BCUT2D eigenvalue weighted by Gasteiger charge is 2.50. The van der Waals surface area contributed by atoms with Crippen LogP contribution in [0, 0.1) is 0 Å². The van der Waals surface area contributed by atoms with Crippen molar-refractivity contribution in [2.75, 3.05) is 13.2 Å². The lowest BCUT2D eigenvalue weighted by Gasteiger charge is -2.36. The maximum Gasteiger partial charge on any atom is 0.471 e. The number of amides is 1. The maximum atomic E-state index is 13.2. The van der Waals surface area contributed by atoms with Crippen molar-refractivity contribution < 1.29 is 37.4 Å². The number of hydrogen-bond acceptors (Lipinski definition) is 6. The van der Waals surface area contributed by atoms with Crippen molar-refractivity contribution in [3.63, 3.8) is 0 Å². The summed E-state index contributed by atoms with van der Waals surface area (Å²) in [6.07, 6.45) is -5.23. The summed E-state index contributed by atoms with van der Waals surface area (Å²) in [5, 5.41) is 14.2. The Balaban J connectivity index is 2.03. The molecule has 1 aliphatic rings. The summed E-state index contributed by atoms with van der Waals surface area (Å²) in [7, 11) is 0. The Morgan fingerprint density at radius 3 is 2.52 bits per heavy atom. The van der Waals surface area contributed by atoms with E-state index < -0.39 is 30.6 Å². The lowest BCUT2D eigenvalue weighted by Crippen LogP contribution is -2.51. The number of esters is 1. The van der Waals surface area contributed by atoms with E-state index in [1.165, 1.54) is 25.1 Å². The Bertz CT molecular complexity index is 992. The van der Waals surface area contributed by atoms with Gasteiger partial charge in [-0.3, -0.25) is 4.79 Å². The fourth-order valence-electron chi connectivity index (χ4n) is 3.26. The van der Waals surface area contributed by atoms with Gasteiger partial charge in [-0.25, -0.2) is 4.79 Å². The topological polar surface area (TPSA) is 88.4 Å². The molecule has 0 radical (unpaired) electrons. The van der Waals surface area contributed by atoms with Crippen LogP contribution in [0.2, 0.25) is 0 Å². The van der Waals surface area contributed by atoms with E-state index in [2.05, 4.69) is 5.16 Å². The van der Waals surface area contributed by atoms with Gasteiger partial charge in [-0.15, -0.1) is 0 Å². The van der Waals surface area contributed by atoms with Crippen molar-refractivity contribution in [1.82, 2.24) is 4.90 Å². The zero-order chi connectivity index (χ0) is 22.6. The number of phenolic OH excluding ortho intramolecular Hbond substituents is 1. The van der Waals surface area contributed by atoms with Crippen LogP contribution < -0.4 is 0 Å². The normalized spacial score (nSPS) is 17.2. The molecule has 1 unspecified atom stereocenters. The summed E-state index contributed by atoms with van der Waals surface area (Å²) in [4.78, 5) is 30.2. The SMILES string of the molecule is CCOC(=O)C1c2cccc(O)c2C(=NOCc2ccccc2)CN1C(=O)C(F)(F)F. The van der Waals surface area contributed by atoms with Crippen molar-refractivity contribution in [3.05, 3.63) is 65.2 Å². The van der Waals surface area contributed by atoms with Crippen molar-refractivity contribution in [1.29, 1.82) is 0 Å². The van der Waals surface area contributed by atoms with E-state index >= 15 is 0 Å². The van der Waals surface area contributed by atoms with Crippen LogP contribution in [0.4, 0.5) is 13.2 Å². The lowest BCUT2D eigenvalue weighted by molar-refractivity contribution is -0.190. The molecule has 164 valence electrons. The van der Waals surface area contributed by atoms with Crippen LogP contribution in [0.1, 0.15) is 29.7 Å². The van der Waals surface area contributed by atoms with E-state index in [9.17, 15) is 27.9 Å². The number of benzene rings is 2. The molecular formula is C21H19F3N2O5. The van der Waals surface area contributed by atoms with Gasteiger partial charge in [-0.2, -0.15) is 13.2 Å². The highest BCUT2D eigenvalue weighted by molar-refractivity contribution is 6.10. The molecule has 1 amide bonds. The number of aromatic hydroxyl groups is 1. The minimum atomic E-state index is -5.23. The van der Waals surface area contributed by atoms with Crippen molar-refractivity contribution in [2.24, 2.45) is 5.16 Å². The van der Waals surface area contributed by atoms with Crippen LogP contribution in [0.3, 0.4) is 0 Å². The van der Waals surface area contributed by atoms with E-state index in [-0.39, 0.29) is 35.8 Å². The van der Waals surface area contributed by atoms with Gasteiger partial charge < -0.3 is 19.6 Å². The Morgan fingerprint density at radius 2 is 1.87 bits per heavy atom. The molecular weight excluding hydrogens is 417 g/mol. The van der Waals surface area contributed by atoms with Gasteiger partial charge in [-0.05, 0) is 24.1 Å². The average Bonchev–Trinajstić information content (AvgIpc) is 2.73. The van der Waals surface area contributed by atoms with Crippen molar-refractivity contribution in [2.45, 2.75) is 25.7 Å². The van der Waals surface area contributed by atoms with Crippen molar-refractivity contribution in [3.8, 4) is 5.75 Å². The largest absolute Gasteiger partial charge is 0.507 e. The molecule has 2 aromatic carbocycles. The third-order valence-electron chi connectivity index (χ3n) is 4.55. The summed E-state index contributed by atoms with van der Waals surface area (Å²) in [5.74, 6) is -3.58. The number of rotatable bonds is 5. The van der Waals surface area contributed by atoms with Crippen molar-refractivity contribution >= 4 is 17.6 Å². The quantitative estimate of drug-likeness (QED) is 0.574. The number of carbonyl (C=O) groups is 2. The Kier molecular flexibility index (Phi) is 6.47. The molecule has 0 aliphatic carbocycles. The second kappa shape index (κ2) is 9.07. The molecule has 1 aliphatic heterocycles. The number of ether oxygens (including phenoxy) is 1. The Morgan fingerprint density at radius 1 is 1.16 bits per heavy atom. The van der Waals surface area contributed by atoms with Crippen LogP contribution in [0.25, 0.3) is 0 Å². The molecule has 0 aromatic heterocycles. The standard InChI is InChI=1S/C21H19F3N2O5/c1-2-30-19(28)18-14-9-6-10-16(27)17(14)15(11-26(18)20(29)21(22,23)24)25-31-12-13-7-4-3-5-8-13/h3-10,18,27H,2,11-12H2,1H3. The van der Waals surface area contributed by atoms with Gasteiger partial charge in [0.1, 0.15) is 18.1 Å². The molecule has 0 fully saturated rings. The number of phenols is 1. The number of alkyl halides is 3. The first-order chi connectivity index (χ1) is 14.7. The fraction of sp³-hybridized carbons (Fsp3) is 0.286. The molecule has 0 saturated carbocycles. The van der Waals surface area contributed by atoms with Gasteiger partial charge >= 0.3 is 18.1 Å². The number of fused-ring (bicyclic) bond motifs is 1. The van der Waals surface area contributed by atoms with Crippen LogP contribution in [-0.4, -0.2) is 46.9 Å². The predicted molar refractivity (Wildman–Crippen MR) is 103 cm³/mol. The third-order valence-corrected chi connectivity index (χ3v) is 4.55. The molecule has 31 heavy (non-hydrogen) atoms. The van der Waals surface area contributed by atoms with Gasteiger partial charge in [0.05, 0.1) is 13.2 Å². The average molecular weight is 436 g/mol.